The first-order chi connectivity index (χ1) is 12.9. The van der Waals surface area contributed by atoms with Crippen molar-refractivity contribution < 1.29 is 9.59 Å². The summed E-state index contributed by atoms with van der Waals surface area (Å²) in [6.07, 6.45) is 0.486. The molecule has 3 rings (SSSR count). The lowest BCUT2D eigenvalue weighted by atomic mass is 10.1. The smallest absolute Gasteiger partial charge is 0.262 e. The number of nitriles is 1. The van der Waals surface area contributed by atoms with Gasteiger partial charge in [0, 0.05) is 4.47 Å². The van der Waals surface area contributed by atoms with Gasteiger partial charge in [-0.3, -0.25) is 14.5 Å². The summed E-state index contributed by atoms with van der Waals surface area (Å²) in [5.41, 5.74) is 7.70. The molecule has 1 saturated heterocycles. The average Bonchev–Trinajstić information content (AvgIpc) is 2.94. The second kappa shape index (κ2) is 7.99. The molecule has 2 N–H and O–H groups in total. The van der Waals surface area contributed by atoms with E-state index in [1.807, 2.05) is 55.5 Å². The Morgan fingerprint density at radius 2 is 1.93 bits per heavy atom. The van der Waals surface area contributed by atoms with Crippen molar-refractivity contribution in [2.45, 2.75) is 18.6 Å². The number of carbonyl (C=O) groups excluding carboxylic acids is 2. The summed E-state index contributed by atoms with van der Waals surface area (Å²) >= 11 is 4.61. The number of nitrogens with zero attached hydrogens (tertiary/aromatic N) is 2. The third-order valence-electron chi connectivity index (χ3n) is 4.22. The van der Waals surface area contributed by atoms with Gasteiger partial charge in [-0.2, -0.15) is 5.26 Å². The third-order valence-corrected chi connectivity index (χ3v) is 6.01. The highest BCUT2D eigenvalue weighted by Crippen LogP contribution is 2.42. The molecule has 0 aromatic heterocycles. The van der Waals surface area contributed by atoms with Gasteiger partial charge < -0.3 is 5.73 Å². The number of hydrogen-bond donors (Lipinski definition) is 1. The van der Waals surface area contributed by atoms with Crippen molar-refractivity contribution in [3.8, 4) is 6.07 Å². The molecule has 7 heteroatoms. The molecule has 0 unspecified atom stereocenters. The number of halogens is 1. The Kier molecular flexibility index (Phi) is 5.68. The maximum atomic E-state index is 13.2. The normalized spacial score (nSPS) is 18.3. The molecule has 5 nitrogen and oxygen atoms in total. The third kappa shape index (κ3) is 3.92. The number of amides is 2. The van der Waals surface area contributed by atoms with Crippen LogP contribution in [0.4, 0.5) is 5.69 Å². The number of benzene rings is 2. The lowest BCUT2D eigenvalue weighted by molar-refractivity contribution is -0.117. The van der Waals surface area contributed by atoms with Crippen LogP contribution in [0.15, 0.2) is 63.6 Å². The van der Waals surface area contributed by atoms with Crippen LogP contribution in [0.1, 0.15) is 11.1 Å². The number of anilines is 1. The van der Waals surface area contributed by atoms with Gasteiger partial charge in [0.25, 0.3) is 5.91 Å². The van der Waals surface area contributed by atoms with Crippen LogP contribution in [0.25, 0.3) is 0 Å². The monoisotopic (exact) mass is 441 g/mol. The van der Waals surface area contributed by atoms with Crippen LogP contribution in [0.3, 0.4) is 0 Å². The van der Waals surface area contributed by atoms with Crippen molar-refractivity contribution in [1.82, 2.24) is 0 Å². The first kappa shape index (κ1) is 19.2. The molecular weight excluding hydrogens is 426 g/mol. The molecule has 0 bridgehead atoms. The number of hydrogen-bond acceptors (Lipinski definition) is 4. The highest BCUT2D eigenvalue weighted by Gasteiger charge is 2.40. The molecule has 2 aromatic rings. The maximum Gasteiger partial charge on any atom is 0.262 e. The highest BCUT2D eigenvalue weighted by molar-refractivity contribution is 9.10. The zero-order valence-corrected chi connectivity index (χ0v) is 16.9. The van der Waals surface area contributed by atoms with Gasteiger partial charge in [0.15, 0.2) is 0 Å². The van der Waals surface area contributed by atoms with Gasteiger partial charge in [-0.1, -0.05) is 58.0 Å². The Hall–Kier alpha value is -2.56. The standard InChI is InChI=1S/C20H16BrN3O2S/c1-12-4-2-3-5-16(12)24-19(26)17(10-13-6-8-14(21)9-7-13)27-20(24)15(11-22)18(23)25/h2-9,17H,10H2,1H3,(H2,23,25)/b20-15+/t17-/m1/s1. The van der Waals surface area contributed by atoms with E-state index >= 15 is 0 Å². The van der Waals surface area contributed by atoms with Gasteiger partial charge in [0.05, 0.1) is 10.9 Å². The predicted octanol–water partition coefficient (Wildman–Crippen LogP) is 3.67. The molecule has 0 spiro atoms. The van der Waals surface area contributed by atoms with Crippen LogP contribution >= 0.6 is 27.7 Å². The zero-order valence-electron chi connectivity index (χ0n) is 14.5. The number of primary amides is 1. The second-order valence-electron chi connectivity index (χ2n) is 6.05. The minimum Gasteiger partial charge on any atom is -0.365 e. The molecule has 1 fully saturated rings. The molecule has 1 atom stereocenters. The van der Waals surface area contributed by atoms with E-state index in [9.17, 15) is 14.9 Å². The highest BCUT2D eigenvalue weighted by atomic mass is 79.9. The van der Waals surface area contributed by atoms with E-state index in [1.54, 1.807) is 6.07 Å². The number of para-hydroxylation sites is 1. The Morgan fingerprint density at radius 1 is 1.26 bits per heavy atom. The van der Waals surface area contributed by atoms with Crippen LogP contribution in [0, 0.1) is 18.3 Å². The van der Waals surface area contributed by atoms with Crippen molar-refractivity contribution in [1.29, 1.82) is 5.26 Å². The zero-order chi connectivity index (χ0) is 19.6. The summed E-state index contributed by atoms with van der Waals surface area (Å²) in [5.74, 6) is -1.00. The summed E-state index contributed by atoms with van der Waals surface area (Å²) < 4.78 is 0.958. The number of nitrogens with two attached hydrogens (primary N) is 1. The van der Waals surface area contributed by atoms with Gasteiger partial charge in [-0.05, 0) is 42.7 Å². The fourth-order valence-corrected chi connectivity index (χ4v) is 4.44. The van der Waals surface area contributed by atoms with Gasteiger partial charge in [-0.25, -0.2) is 0 Å². The molecule has 0 radical (unpaired) electrons. The first-order valence-corrected chi connectivity index (χ1v) is 9.84. The molecule has 0 aliphatic carbocycles. The summed E-state index contributed by atoms with van der Waals surface area (Å²) in [6.45, 7) is 1.88. The molecule has 2 amide bonds. The number of carbonyl (C=O) groups is 2. The Morgan fingerprint density at radius 3 is 2.52 bits per heavy atom. The SMILES string of the molecule is Cc1ccccc1N1C(=O)[C@@H](Cc2ccc(Br)cc2)S/C1=C(\C#N)C(N)=O. The topological polar surface area (TPSA) is 87.2 Å². The van der Waals surface area contributed by atoms with Crippen LogP contribution in [0.2, 0.25) is 0 Å². The second-order valence-corrected chi connectivity index (χ2v) is 8.16. The number of thioether (sulfide) groups is 1. The van der Waals surface area contributed by atoms with Crippen molar-refractivity contribution >= 4 is 45.2 Å². The largest absolute Gasteiger partial charge is 0.365 e. The van der Waals surface area contributed by atoms with E-state index in [-0.39, 0.29) is 11.5 Å². The molecule has 1 aliphatic rings. The van der Waals surface area contributed by atoms with E-state index in [4.69, 9.17) is 5.73 Å². The van der Waals surface area contributed by atoms with Crippen LogP contribution in [0.5, 0.6) is 0 Å². The Balaban J connectivity index is 2.05. The van der Waals surface area contributed by atoms with E-state index in [2.05, 4.69) is 15.9 Å². The maximum absolute atomic E-state index is 13.2. The van der Waals surface area contributed by atoms with Gasteiger partial charge in [0.2, 0.25) is 5.91 Å². The van der Waals surface area contributed by atoms with Gasteiger partial charge >= 0.3 is 0 Å². The fourth-order valence-electron chi connectivity index (χ4n) is 2.87. The Labute approximate surface area is 170 Å². The van der Waals surface area contributed by atoms with Crippen LogP contribution in [-0.2, 0) is 16.0 Å². The van der Waals surface area contributed by atoms with E-state index in [0.717, 1.165) is 15.6 Å². The average molecular weight is 442 g/mol. The predicted molar refractivity (Wildman–Crippen MR) is 110 cm³/mol. The van der Waals surface area contributed by atoms with Crippen molar-refractivity contribution in [3.63, 3.8) is 0 Å². The molecule has 136 valence electrons. The first-order valence-electron chi connectivity index (χ1n) is 8.17. The molecule has 0 saturated carbocycles. The molecule has 27 heavy (non-hydrogen) atoms. The Bertz CT molecular complexity index is 979. The van der Waals surface area contributed by atoms with E-state index in [0.29, 0.717) is 17.1 Å². The minimum absolute atomic E-state index is 0.166. The van der Waals surface area contributed by atoms with Crippen molar-refractivity contribution in [2.24, 2.45) is 5.73 Å². The summed E-state index contributed by atoms with van der Waals surface area (Å²) in [6, 6.07) is 16.9. The molecule has 1 aliphatic heterocycles. The van der Waals surface area contributed by atoms with Crippen LogP contribution in [-0.4, -0.2) is 17.1 Å². The summed E-state index contributed by atoms with van der Waals surface area (Å²) in [7, 11) is 0. The van der Waals surface area contributed by atoms with Gasteiger partial charge in [-0.15, -0.1) is 0 Å². The van der Waals surface area contributed by atoms with Crippen molar-refractivity contribution in [2.75, 3.05) is 4.90 Å². The molecular formula is C20H16BrN3O2S. The number of rotatable bonds is 4. The number of aryl methyl sites for hydroxylation is 1. The summed E-state index contributed by atoms with van der Waals surface area (Å²) in [4.78, 5) is 26.4. The lowest BCUT2D eigenvalue weighted by Gasteiger charge is -2.20. The van der Waals surface area contributed by atoms with Gasteiger partial charge in [0.1, 0.15) is 16.7 Å². The fraction of sp³-hybridized carbons (Fsp3) is 0.150. The molecule has 2 aromatic carbocycles. The van der Waals surface area contributed by atoms with Crippen molar-refractivity contribution in [3.05, 3.63) is 74.7 Å². The summed E-state index contributed by atoms with van der Waals surface area (Å²) in [5, 5.41) is 9.27. The van der Waals surface area contributed by atoms with Crippen LogP contribution < -0.4 is 10.6 Å². The quantitative estimate of drug-likeness (QED) is 0.578. The minimum atomic E-state index is -0.837. The van der Waals surface area contributed by atoms with E-state index in [1.165, 1.54) is 16.7 Å². The van der Waals surface area contributed by atoms with E-state index < -0.39 is 11.2 Å². The lowest BCUT2D eigenvalue weighted by Crippen LogP contribution is -2.31. The molecule has 1 heterocycles.